The van der Waals surface area contributed by atoms with Crippen molar-refractivity contribution in [3.8, 4) is 11.5 Å². The van der Waals surface area contributed by atoms with Gasteiger partial charge in [-0.25, -0.2) is 9.59 Å². The van der Waals surface area contributed by atoms with Crippen LogP contribution < -0.4 is 9.47 Å². The van der Waals surface area contributed by atoms with Crippen LogP contribution in [0.3, 0.4) is 0 Å². The minimum atomic E-state index is -1.42. The first-order valence-corrected chi connectivity index (χ1v) is 19.5. The first-order valence-electron chi connectivity index (χ1n) is 15.8. The van der Waals surface area contributed by atoms with Gasteiger partial charge in [-0.3, -0.25) is 0 Å². The summed E-state index contributed by atoms with van der Waals surface area (Å²) in [4.78, 5) is 26.5. The van der Waals surface area contributed by atoms with Gasteiger partial charge in [0.25, 0.3) is 0 Å². The number of rotatable bonds is 17. The van der Waals surface area contributed by atoms with E-state index < -0.39 is 37.8 Å². The fourth-order valence-corrected chi connectivity index (χ4v) is 6.02. The Morgan fingerprint density at radius 1 is 1.09 bits per heavy atom. The van der Waals surface area contributed by atoms with Gasteiger partial charge in [0.2, 0.25) is 0 Å². The van der Waals surface area contributed by atoms with E-state index in [1.54, 1.807) is 49.6 Å². The fourth-order valence-electron chi connectivity index (χ4n) is 5.31. The number of carbonyl (C=O) groups excluding carboxylic acids is 2. The predicted octanol–water partition coefficient (Wildman–Crippen LogP) is 6.92. The number of methoxy groups -OCH3 is 2. The summed E-state index contributed by atoms with van der Waals surface area (Å²) in [7, 11) is 1.65. The van der Waals surface area contributed by atoms with Gasteiger partial charge in [-0.1, -0.05) is 56.1 Å². The standard InChI is InChI=1S/C36H50O9Si/c1-36(2)24-28(33(45-36)30(18-11-12-19-37)44-34(38)26-14-9-8-10-15-26)17-13-16-27-22-29(41-4)23-31(43-25-40-3)32(27)35(39)42-20-21-46(5,6)7/h8-11,13-16,18,22-23,28,30,33,37H,12,17,19-21,24-25H2,1-7H3/b16-13+,18-11-/t28-,30?,33?/m1/s1. The van der Waals surface area contributed by atoms with Crippen molar-refractivity contribution in [2.45, 2.75) is 76.6 Å². The number of benzene rings is 2. The Labute approximate surface area is 274 Å². The van der Waals surface area contributed by atoms with Crippen molar-refractivity contribution in [3.05, 3.63) is 77.4 Å². The molecule has 2 aromatic rings. The molecule has 10 heteroatoms. The van der Waals surface area contributed by atoms with Gasteiger partial charge in [-0.15, -0.1) is 0 Å². The van der Waals surface area contributed by atoms with Crippen molar-refractivity contribution in [3.63, 3.8) is 0 Å². The molecule has 9 nitrogen and oxygen atoms in total. The maximum Gasteiger partial charge on any atom is 0.342 e. The molecule has 0 amide bonds. The van der Waals surface area contributed by atoms with Gasteiger partial charge >= 0.3 is 11.9 Å². The number of hydrogen-bond acceptors (Lipinski definition) is 9. The molecule has 2 aromatic carbocycles. The Bertz CT molecular complexity index is 1330. The first kappa shape index (κ1) is 37.0. The van der Waals surface area contributed by atoms with Crippen LogP contribution in [-0.2, 0) is 18.9 Å². The molecule has 0 aromatic heterocycles. The second-order valence-electron chi connectivity index (χ2n) is 13.2. The van der Waals surface area contributed by atoms with Crippen LogP contribution in [0.2, 0.25) is 25.7 Å². The van der Waals surface area contributed by atoms with Crippen LogP contribution in [0.4, 0.5) is 0 Å². The van der Waals surface area contributed by atoms with Gasteiger partial charge in [0, 0.05) is 27.9 Å². The molecule has 1 fully saturated rings. The van der Waals surface area contributed by atoms with Gasteiger partial charge in [0.05, 0.1) is 24.9 Å². The van der Waals surface area contributed by atoms with Crippen LogP contribution in [0.25, 0.3) is 6.08 Å². The van der Waals surface area contributed by atoms with E-state index in [0.717, 1.165) is 12.5 Å². The van der Waals surface area contributed by atoms with E-state index in [1.807, 2.05) is 38.1 Å². The number of ether oxygens (including phenoxy) is 6. The highest BCUT2D eigenvalue weighted by molar-refractivity contribution is 6.76. The Balaban J connectivity index is 1.90. The van der Waals surface area contributed by atoms with Crippen LogP contribution in [0.15, 0.2) is 60.7 Å². The van der Waals surface area contributed by atoms with Crippen molar-refractivity contribution in [2.75, 3.05) is 34.2 Å². The zero-order chi connectivity index (χ0) is 33.7. The zero-order valence-electron chi connectivity index (χ0n) is 28.2. The number of allylic oxidation sites excluding steroid dienone is 1. The van der Waals surface area contributed by atoms with Crippen molar-refractivity contribution >= 4 is 26.1 Å². The van der Waals surface area contributed by atoms with E-state index in [0.29, 0.717) is 47.6 Å². The molecule has 1 aliphatic rings. The summed E-state index contributed by atoms with van der Waals surface area (Å²) >= 11 is 0. The van der Waals surface area contributed by atoms with Crippen molar-refractivity contribution in [2.24, 2.45) is 5.92 Å². The molecule has 3 rings (SSSR count). The minimum absolute atomic E-state index is 0.0134. The maximum atomic E-state index is 13.4. The number of esters is 2. The van der Waals surface area contributed by atoms with E-state index in [-0.39, 0.29) is 19.3 Å². The molecule has 1 heterocycles. The summed E-state index contributed by atoms with van der Waals surface area (Å²) in [6.45, 7) is 11.0. The lowest BCUT2D eigenvalue weighted by atomic mass is 9.88. The minimum Gasteiger partial charge on any atom is -0.497 e. The molecule has 0 spiro atoms. The third-order valence-corrected chi connectivity index (χ3v) is 9.28. The van der Waals surface area contributed by atoms with Gasteiger partial charge in [0.1, 0.15) is 29.3 Å². The summed E-state index contributed by atoms with van der Waals surface area (Å²) in [6, 6.07) is 13.1. The molecule has 1 saturated heterocycles. The molecule has 3 atom stereocenters. The summed E-state index contributed by atoms with van der Waals surface area (Å²) in [5.74, 6) is -0.102. The number of hydrogen-bond donors (Lipinski definition) is 1. The van der Waals surface area contributed by atoms with Gasteiger partial charge in [0.15, 0.2) is 6.79 Å². The van der Waals surface area contributed by atoms with E-state index >= 15 is 0 Å². The molecular formula is C36H50O9Si. The number of aliphatic hydroxyl groups is 1. The monoisotopic (exact) mass is 654 g/mol. The summed E-state index contributed by atoms with van der Waals surface area (Å²) < 4.78 is 34.6. The largest absolute Gasteiger partial charge is 0.497 e. The molecule has 1 N–H and O–H groups in total. The van der Waals surface area contributed by atoms with E-state index in [4.69, 9.17) is 28.4 Å². The normalized spacial score (nSPS) is 18.5. The predicted molar refractivity (Wildman–Crippen MR) is 181 cm³/mol. The topological polar surface area (TPSA) is 110 Å². The number of carbonyl (C=O) groups is 2. The smallest absolute Gasteiger partial charge is 0.342 e. The lowest BCUT2D eigenvalue weighted by Gasteiger charge is -2.26. The number of aliphatic hydroxyl groups excluding tert-OH is 1. The third-order valence-electron chi connectivity index (χ3n) is 7.57. The highest BCUT2D eigenvalue weighted by Gasteiger charge is 2.44. The van der Waals surface area contributed by atoms with E-state index in [2.05, 4.69) is 19.6 Å². The zero-order valence-corrected chi connectivity index (χ0v) is 29.2. The molecule has 0 aliphatic carbocycles. The SMILES string of the molecule is COCOc1cc(OC)cc(/C=C/C[C@@H]2CC(C)(C)OC2C(/C=C\CCO)OC(=O)c2ccccc2)c1C(=O)OCC[Si](C)(C)C. The molecule has 46 heavy (non-hydrogen) atoms. The first-order chi connectivity index (χ1) is 21.9. The average molecular weight is 655 g/mol. The third kappa shape index (κ3) is 11.4. The molecule has 0 saturated carbocycles. The van der Waals surface area contributed by atoms with Gasteiger partial charge < -0.3 is 33.5 Å². The molecule has 2 unspecified atom stereocenters. The second kappa shape index (κ2) is 17.5. The van der Waals surface area contributed by atoms with Crippen LogP contribution in [-0.4, -0.2) is 77.2 Å². The van der Waals surface area contributed by atoms with E-state index in [1.165, 1.54) is 7.11 Å². The summed E-state index contributed by atoms with van der Waals surface area (Å²) in [5.41, 5.74) is 0.887. The van der Waals surface area contributed by atoms with Crippen LogP contribution in [0.5, 0.6) is 11.5 Å². The Morgan fingerprint density at radius 2 is 1.83 bits per heavy atom. The van der Waals surface area contributed by atoms with Gasteiger partial charge in [-0.05, 0) is 74.9 Å². The van der Waals surface area contributed by atoms with Crippen LogP contribution >= 0.6 is 0 Å². The van der Waals surface area contributed by atoms with Gasteiger partial charge in [-0.2, -0.15) is 0 Å². The highest BCUT2D eigenvalue weighted by atomic mass is 28.3. The van der Waals surface area contributed by atoms with Crippen molar-refractivity contribution < 1.29 is 43.1 Å². The Hall–Kier alpha value is -3.44. The van der Waals surface area contributed by atoms with Crippen LogP contribution in [0, 0.1) is 5.92 Å². The molecule has 1 aliphatic heterocycles. The fraction of sp³-hybridized carbons (Fsp3) is 0.500. The summed E-state index contributed by atoms with van der Waals surface area (Å²) in [5, 5.41) is 9.36. The maximum absolute atomic E-state index is 13.4. The Kier molecular flexibility index (Phi) is 14.1. The van der Waals surface area contributed by atoms with Crippen molar-refractivity contribution in [1.29, 1.82) is 0 Å². The molecule has 0 bridgehead atoms. The van der Waals surface area contributed by atoms with E-state index in [9.17, 15) is 14.7 Å². The molecule has 0 radical (unpaired) electrons. The Morgan fingerprint density at radius 3 is 2.48 bits per heavy atom. The lowest BCUT2D eigenvalue weighted by Crippen LogP contribution is -2.35. The second-order valence-corrected chi connectivity index (χ2v) is 18.8. The quantitative estimate of drug-likeness (QED) is 0.0841. The molecular weight excluding hydrogens is 604 g/mol. The van der Waals surface area contributed by atoms with Crippen molar-refractivity contribution in [1.82, 2.24) is 0 Å². The summed E-state index contributed by atoms with van der Waals surface area (Å²) in [6.07, 6.45) is 8.10. The van der Waals surface area contributed by atoms with Crippen LogP contribution in [0.1, 0.15) is 59.4 Å². The molecule has 252 valence electrons. The highest BCUT2D eigenvalue weighted by Crippen LogP contribution is 2.40. The average Bonchev–Trinajstić information content (AvgIpc) is 3.32. The lowest BCUT2D eigenvalue weighted by molar-refractivity contribution is -0.0723.